The molecular weight excluding hydrogens is 368 g/mol. The van der Waals surface area contributed by atoms with E-state index in [4.69, 9.17) is 0 Å². The van der Waals surface area contributed by atoms with Crippen molar-refractivity contribution in [3.8, 4) is 17.0 Å². The van der Waals surface area contributed by atoms with Gasteiger partial charge in [0.15, 0.2) is 0 Å². The smallest absolute Gasteiger partial charge is 0.387 e. The van der Waals surface area contributed by atoms with Gasteiger partial charge < -0.3 is 9.64 Å². The summed E-state index contributed by atoms with van der Waals surface area (Å²) in [5.74, 6) is -0.147. The van der Waals surface area contributed by atoms with Gasteiger partial charge in [0, 0.05) is 37.5 Å². The van der Waals surface area contributed by atoms with Crippen LogP contribution < -0.4 is 4.74 Å². The standard InChI is InChI=1S/C19H21F2N5O2/c1-11-15(12(2)26(4)24-11)10-25(3)18(27)17-9-16(22-23-17)13-5-7-14(8-6-13)28-19(20)21/h5-9,19H,10H2,1-4H3,(H,22,23). The highest BCUT2D eigenvalue weighted by Gasteiger charge is 2.19. The third-order valence-electron chi connectivity index (χ3n) is 4.58. The summed E-state index contributed by atoms with van der Waals surface area (Å²) in [6, 6.07) is 7.70. The molecule has 3 rings (SSSR count). The zero-order valence-electron chi connectivity index (χ0n) is 16.0. The SMILES string of the molecule is Cc1nn(C)c(C)c1CN(C)C(=O)c1cc(-c2ccc(OC(F)F)cc2)n[nH]1. The van der Waals surface area contributed by atoms with Crippen molar-refractivity contribution < 1.29 is 18.3 Å². The van der Waals surface area contributed by atoms with E-state index in [2.05, 4.69) is 20.0 Å². The van der Waals surface area contributed by atoms with Crippen LogP contribution >= 0.6 is 0 Å². The maximum atomic E-state index is 12.7. The summed E-state index contributed by atoms with van der Waals surface area (Å²) >= 11 is 0. The maximum absolute atomic E-state index is 12.7. The van der Waals surface area contributed by atoms with Gasteiger partial charge in [0.2, 0.25) is 0 Å². The van der Waals surface area contributed by atoms with Crippen LogP contribution in [0.2, 0.25) is 0 Å². The number of carbonyl (C=O) groups is 1. The molecule has 0 bridgehead atoms. The first-order valence-corrected chi connectivity index (χ1v) is 8.61. The average molecular weight is 389 g/mol. The molecule has 0 spiro atoms. The van der Waals surface area contributed by atoms with Gasteiger partial charge in [-0.15, -0.1) is 0 Å². The van der Waals surface area contributed by atoms with Gasteiger partial charge in [-0.3, -0.25) is 14.6 Å². The Morgan fingerprint density at radius 3 is 2.54 bits per heavy atom. The van der Waals surface area contributed by atoms with E-state index in [1.807, 2.05) is 20.9 Å². The lowest BCUT2D eigenvalue weighted by atomic mass is 10.1. The van der Waals surface area contributed by atoms with E-state index < -0.39 is 6.61 Å². The van der Waals surface area contributed by atoms with Crippen LogP contribution in [-0.4, -0.2) is 44.4 Å². The second-order valence-corrected chi connectivity index (χ2v) is 6.50. The van der Waals surface area contributed by atoms with Gasteiger partial charge in [0.1, 0.15) is 11.4 Å². The van der Waals surface area contributed by atoms with Crippen molar-refractivity contribution in [1.82, 2.24) is 24.9 Å². The number of hydrogen-bond acceptors (Lipinski definition) is 4. The molecule has 0 unspecified atom stereocenters. The fourth-order valence-electron chi connectivity index (χ4n) is 2.95. The van der Waals surface area contributed by atoms with Gasteiger partial charge in [-0.1, -0.05) is 0 Å². The molecule has 28 heavy (non-hydrogen) atoms. The number of nitrogens with one attached hydrogen (secondary N) is 1. The van der Waals surface area contributed by atoms with Gasteiger partial charge in [0.05, 0.1) is 11.4 Å². The molecule has 1 N–H and O–H groups in total. The fourth-order valence-corrected chi connectivity index (χ4v) is 2.95. The first kappa shape index (κ1) is 19.5. The molecule has 0 radical (unpaired) electrons. The Kier molecular flexibility index (Phi) is 5.43. The van der Waals surface area contributed by atoms with Crippen LogP contribution in [0.1, 0.15) is 27.4 Å². The lowest BCUT2D eigenvalue weighted by molar-refractivity contribution is -0.0498. The number of rotatable bonds is 6. The Bertz CT molecular complexity index is 979. The molecule has 0 aliphatic carbocycles. The second-order valence-electron chi connectivity index (χ2n) is 6.50. The molecule has 148 valence electrons. The first-order valence-electron chi connectivity index (χ1n) is 8.61. The van der Waals surface area contributed by atoms with Crippen molar-refractivity contribution in [2.45, 2.75) is 27.0 Å². The highest BCUT2D eigenvalue weighted by molar-refractivity contribution is 5.93. The predicted octanol–water partition coefficient (Wildman–Crippen LogP) is 3.30. The Balaban J connectivity index is 1.73. The number of ether oxygens (including phenoxy) is 1. The van der Waals surface area contributed by atoms with Crippen LogP contribution in [0.4, 0.5) is 8.78 Å². The van der Waals surface area contributed by atoms with Crippen molar-refractivity contribution in [1.29, 1.82) is 0 Å². The molecule has 1 amide bonds. The Hall–Kier alpha value is -3.23. The lowest BCUT2D eigenvalue weighted by Gasteiger charge is -2.16. The number of aromatic amines is 1. The number of aromatic nitrogens is 4. The molecule has 0 saturated heterocycles. The van der Waals surface area contributed by atoms with Gasteiger partial charge in [-0.05, 0) is 44.2 Å². The predicted molar refractivity (Wildman–Crippen MR) is 99.1 cm³/mol. The average Bonchev–Trinajstić information content (AvgIpc) is 3.22. The van der Waals surface area contributed by atoms with Gasteiger partial charge in [0.25, 0.3) is 5.91 Å². The number of halogens is 2. The van der Waals surface area contributed by atoms with Crippen LogP contribution in [0.3, 0.4) is 0 Å². The summed E-state index contributed by atoms with van der Waals surface area (Å²) in [4.78, 5) is 14.3. The molecule has 1 aromatic carbocycles. The Morgan fingerprint density at radius 1 is 1.29 bits per heavy atom. The van der Waals surface area contributed by atoms with E-state index in [9.17, 15) is 13.6 Å². The molecule has 2 heterocycles. The van der Waals surface area contributed by atoms with Crippen molar-refractivity contribution in [2.75, 3.05) is 7.05 Å². The number of aryl methyl sites for hydroxylation is 2. The van der Waals surface area contributed by atoms with Crippen LogP contribution in [0, 0.1) is 13.8 Å². The van der Waals surface area contributed by atoms with E-state index in [1.165, 1.54) is 12.1 Å². The zero-order chi connectivity index (χ0) is 20.4. The number of H-pyrrole nitrogens is 1. The van der Waals surface area contributed by atoms with E-state index in [-0.39, 0.29) is 11.7 Å². The zero-order valence-corrected chi connectivity index (χ0v) is 16.0. The summed E-state index contributed by atoms with van der Waals surface area (Å²) in [7, 11) is 3.58. The number of nitrogens with zero attached hydrogens (tertiary/aromatic N) is 4. The summed E-state index contributed by atoms with van der Waals surface area (Å²) in [6.45, 7) is 1.43. The number of alkyl halides is 2. The third-order valence-corrected chi connectivity index (χ3v) is 4.58. The molecule has 7 nitrogen and oxygen atoms in total. The number of hydrogen-bond donors (Lipinski definition) is 1. The van der Waals surface area contributed by atoms with E-state index >= 15 is 0 Å². The van der Waals surface area contributed by atoms with E-state index in [0.717, 1.165) is 17.0 Å². The van der Waals surface area contributed by atoms with Crippen molar-refractivity contribution in [3.05, 3.63) is 53.0 Å². The molecule has 0 fully saturated rings. The van der Waals surface area contributed by atoms with Crippen molar-refractivity contribution in [3.63, 3.8) is 0 Å². The molecule has 0 aliphatic rings. The highest BCUT2D eigenvalue weighted by atomic mass is 19.3. The minimum absolute atomic E-state index is 0.0625. The molecular formula is C19H21F2N5O2. The summed E-state index contributed by atoms with van der Waals surface area (Å²) in [5, 5.41) is 11.3. The summed E-state index contributed by atoms with van der Waals surface area (Å²) < 4.78 is 30.6. The number of carbonyl (C=O) groups excluding carboxylic acids is 1. The minimum Gasteiger partial charge on any atom is -0.435 e. The quantitative estimate of drug-likeness (QED) is 0.702. The summed E-state index contributed by atoms with van der Waals surface area (Å²) in [5.41, 5.74) is 4.45. The van der Waals surface area contributed by atoms with Crippen LogP contribution in [0.5, 0.6) is 5.75 Å². The van der Waals surface area contributed by atoms with Crippen LogP contribution in [0.15, 0.2) is 30.3 Å². The summed E-state index contributed by atoms with van der Waals surface area (Å²) in [6.07, 6.45) is 0. The Morgan fingerprint density at radius 2 is 1.96 bits per heavy atom. The van der Waals surface area contributed by atoms with Crippen LogP contribution in [0.25, 0.3) is 11.3 Å². The number of amides is 1. The molecule has 9 heteroatoms. The molecule has 0 atom stereocenters. The largest absolute Gasteiger partial charge is 0.435 e. The minimum atomic E-state index is -2.87. The highest BCUT2D eigenvalue weighted by Crippen LogP contribution is 2.23. The molecule has 3 aromatic rings. The molecule has 0 aliphatic heterocycles. The second kappa shape index (κ2) is 7.79. The van der Waals surface area contributed by atoms with Gasteiger partial charge in [-0.2, -0.15) is 19.0 Å². The lowest BCUT2D eigenvalue weighted by Crippen LogP contribution is -2.27. The van der Waals surface area contributed by atoms with Crippen LogP contribution in [-0.2, 0) is 13.6 Å². The van der Waals surface area contributed by atoms with E-state index in [0.29, 0.717) is 23.5 Å². The van der Waals surface area contributed by atoms with Gasteiger partial charge >= 0.3 is 6.61 Å². The first-order chi connectivity index (χ1) is 13.3. The Labute approximate surface area is 160 Å². The monoisotopic (exact) mass is 389 g/mol. The maximum Gasteiger partial charge on any atom is 0.387 e. The third kappa shape index (κ3) is 4.03. The van der Waals surface area contributed by atoms with E-state index in [1.54, 1.807) is 34.8 Å². The van der Waals surface area contributed by atoms with Crippen molar-refractivity contribution >= 4 is 5.91 Å². The normalized spacial score (nSPS) is 11.1. The van der Waals surface area contributed by atoms with Crippen molar-refractivity contribution in [2.24, 2.45) is 7.05 Å². The molecule has 0 saturated carbocycles. The number of benzene rings is 1. The topological polar surface area (TPSA) is 76.0 Å². The fraction of sp³-hybridized carbons (Fsp3) is 0.316. The van der Waals surface area contributed by atoms with Gasteiger partial charge in [-0.25, -0.2) is 0 Å². The molecule has 2 aromatic heterocycles.